The minimum Gasteiger partial charge on any atom is -0.463 e. The lowest BCUT2D eigenvalue weighted by atomic mass is 10.1. The molecule has 1 aromatic rings. The molecule has 0 aliphatic carbocycles. The number of aliphatic hydroxyl groups excluding tert-OH is 2. The number of carbonyl (C=O) groups excluding carboxylic acids is 2. The Bertz CT molecular complexity index is 793. The molecule has 0 saturated carbocycles. The van der Waals surface area contributed by atoms with E-state index in [-0.39, 0.29) is 12.8 Å². The molecule has 1 aromatic heterocycles. The molecule has 0 radical (unpaired) electrons. The number of ether oxygens (including phenoxy) is 2. The van der Waals surface area contributed by atoms with Gasteiger partial charge in [-0.1, -0.05) is 0 Å². The third-order valence-electron chi connectivity index (χ3n) is 3.66. The van der Waals surface area contributed by atoms with Crippen LogP contribution in [0.1, 0.15) is 19.1 Å². The Morgan fingerprint density at radius 2 is 2.04 bits per heavy atom. The van der Waals surface area contributed by atoms with Crippen molar-refractivity contribution in [2.45, 2.75) is 37.4 Å². The third-order valence-corrected chi connectivity index (χ3v) is 3.66. The van der Waals surface area contributed by atoms with Crippen LogP contribution in [0.25, 0.3) is 0 Å². The number of aromatic amines is 1. The minimum atomic E-state index is -1.65. The van der Waals surface area contributed by atoms with Gasteiger partial charge in [0.05, 0.1) is 12.6 Å². The summed E-state index contributed by atoms with van der Waals surface area (Å²) in [4.78, 5) is 46.9. The molecule has 0 spiro atoms. The van der Waals surface area contributed by atoms with Crippen molar-refractivity contribution in [2.75, 3.05) is 6.61 Å². The Morgan fingerprint density at radius 3 is 2.69 bits per heavy atom. The zero-order valence-electron chi connectivity index (χ0n) is 13.3. The molecule has 144 valence electrons. The molecule has 12 nitrogen and oxygen atoms in total. The second-order valence-electron chi connectivity index (χ2n) is 5.44. The summed E-state index contributed by atoms with van der Waals surface area (Å²) in [6, 6.07) is 0. The SMILES string of the molecule is NNC(=O)CCC(=O)OC[C@H]1O[C@@H](n2cc(F)c(=O)[nH]c2=O)[C@H](O)[C@@H]1O. The maximum atomic E-state index is 13.4. The standard InChI is InChI=1S/C13H17FN4O8/c14-5-3-18(13(24)16-11(5)23)12-10(22)9(21)6(26-12)4-25-8(20)2-1-7(19)17-15/h3,6,9-10,12,21-22H,1-2,4,15H2,(H,17,19)(H,16,23,24)/t6-,9-,10-,12-/m1/s1. The fraction of sp³-hybridized carbons (Fsp3) is 0.538. The number of nitrogens with two attached hydrogens (primary N) is 1. The Morgan fingerprint density at radius 1 is 1.35 bits per heavy atom. The monoisotopic (exact) mass is 376 g/mol. The van der Waals surface area contributed by atoms with Crippen LogP contribution >= 0.6 is 0 Å². The number of H-pyrrole nitrogens is 1. The highest BCUT2D eigenvalue weighted by Crippen LogP contribution is 2.28. The van der Waals surface area contributed by atoms with Gasteiger partial charge in [-0.15, -0.1) is 0 Å². The fourth-order valence-corrected chi connectivity index (χ4v) is 2.28. The van der Waals surface area contributed by atoms with Crippen LogP contribution in [0.15, 0.2) is 15.8 Å². The van der Waals surface area contributed by atoms with E-state index in [2.05, 4.69) is 0 Å². The number of amides is 1. The van der Waals surface area contributed by atoms with Gasteiger partial charge in [-0.05, 0) is 0 Å². The van der Waals surface area contributed by atoms with Crippen molar-refractivity contribution < 1.29 is 33.7 Å². The number of nitrogens with one attached hydrogen (secondary N) is 2. The molecule has 1 aliphatic rings. The summed E-state index contributed by atoms with van der Waals surface area (Å²) in [6.45, 7) is -0.488. The average Bonchev–Trinajstić information content (AvgIpc) is 2.89. The van der Waals surface area contributed by atoms with Gasteiger partial charge in [0.15, 0.2) is 6.23 Å². The number of nitrogens with zero attached hydrogens (tertiary/aromatic N) is 1. The van der Waals surface area contributed by atoms with Crippen molar-refractivity contribution in [1.29, 1.82) is 0 Å². The molecule has 2 rings (SSSR count). The number of halogens is 1. The average molecular weight is 376 g/mol. The molecule has 1 saturated heterocycles. The lowest BCUT2D eigenvalue weighted by molar-refractivity contribution is -0.151. The minimum absolute atomic E-state index is 0.208. The summed E-state index contributed by atoms with van der Waals surface area (Å²) in [5.74, 6) is 2.21. The quantitative estimate of drug-likeness (QED) is 0.146. The zero-order chi connectivity index (χ0) is 19.4. The summed E-state index contributed by atoms with van der Waals surface area (Å²) in [7, 11) is 0. The third kappa shape index (κ3) is 4.32. The Kier molecular flexibility index (Phi) is 6.20. The van der Waals surface area contributed by atoms with E-state index in [9.17, 15) is 33.8 Å². The highest BCUT2D eigenvalue weighted by molar-refractivity contribution is 5.80. The van der Waals surface area contributed by atoms with Crippen molar-refractivity contribution in [3.8, 4) is 0 Å². The normalized spacial score (nSPS) is 25.1. The Hall–Kier alpha value is -2.61. The summed E-state index contributed by atoms with van der Waals surface area (Å²) in [5.41, 5.74) is -0.466. The van der Waals surface area contributed by atoms with E-state index in [1.165, 1.54) is 0 Å². The number of hydrogen-bond donors (Lipinski definition) is 5. The number of carbonyl (C=O) groups is 2. The molecule has 2 heterocycles. The second kappa shape index (κ2) is 8.18. The van der Waals surface area contributed by atoms with Crippen LogP contribution in [0.2, 0.25) is 0 Å². The van der Waals surface area contributed by atoms with Gasteiger partial charge in [0, 0.05) is 6.42 Å². The van der Waals surface area contributed by atoms with Crippen LogP contribution in [0.5, 0.6) is 0 Å². The van der Waals surface area contributed by atoms with Crippen molar-refractivity contribution >= 4 is 11.9 Å². The van der Waals surface area contributed by atoms with Gasteiger partial charge in [0.2, 0.25) is 11.7 Å². The first kappa shape index (κ1) is 19.7. The zero-order valence-corrected chi connectivity index (χ0v) is 13.3. The predicted octanol–water partition coefficient (Wildman–Crippen LogP) is -3.39. The molecule has 1 fully saturated rings. The van der Waals surface area contributed by atoms with E-state index in [1.807, 2.05) is 5.43 Å². The van der Waals surface area contributed by atoms with Crippen LogP contribution in [-0.2, 0) is 19.1 Å². The lowest BCUT2D eigenvalue weighted by Crippen LogP contribution is -2.38. The molecule has 1 amide bonds. The van der Waals surface area contributed by atoms with Gasteiger partial charge in [-0.3, -0.25) is 29.4 Å². The summed E-state index contributed by atoms with van der Waals surface area (Å²) < 4.78 is 24.0. The molecule has 13 heteroatoms. The molecule has 4 atom stereocenters. The van der Waals surface area contributed by atoms with Crippen LogP contribution in [0, 0.1) is 5.82 Å². The molecule has 26 heavy (non-hydrogen) atoms. The Labute approximate surface area is 144 Å². The van der Waals surface area contributed by atoms with Crippen LogP contribution in [0.3, 0.4) is 0 Å². The second-order valence-corrected chi connectivity index (χ2v) is 5.44. The van der Waals surface area contributed by atoms with Gasteiger partial charge in [0.25, 0.3) is 5.56 Å². The van der Waals surface area contributed by atoms with Gasteiger partial charge in [0.1, 0.15) is 24.9 Å². The highest BCUT2D eigenvalue weighted by Gasteiger charge is 2.44. The fourth-order valence-electron chi connectivity index (χ4n) is 2.28. The first-order chi connectivity index (χ1) is 12.2. The van der Waals surface area contributed by atoms with Crippen molar-refractivity contribution in [3.63, 3.8) is 0 Å². The molecule has 6 N–H and O–H groups in total. The summed E-state index contributed by atoms with van der Waals surface area (Å²) in [6.07, 6.45) is -5.88. The number of rotatable bonds is 6. The molecule has 0 unspecified atom stereocenters. The van der Waals surface area contributed by atoms with Gasteiger partial charge in [-0.2, -0.15) is 4.39 Å². The largest absolute Gasteiger partial charge is 0.463 e. The summed E-state index contributed by atoms with van der Waals surface area (Å²) >= 11 is 0. The van der Waals surface area contributed by atoms with Crippen molar-refractivity contribution in [1.82, 2.24) is 15.0 Å². The van der Waals surface area contributed by atoms with Crippen LogP contribution in [0.4, 0.5) is 4.39 Å². The number of aromatic nitrogens is 2. The first-order valence-electron chi connectivity index (χ1n) is 7.42. The van der Waals surface area contributed by atoms with Gasteiger partial charge >= 0.3 is 11.7 Å². The van der Waals surface area contributed by atoms with Crippen molar-refractivity contribution in [3.05, 3.63) is 32.9 Å². The molecule has 1 aliphatic heterocycles. The molecule has 0 aromatic carbocycles. The van der Waals surface area contributed by atoms with E-state index in [0.29, 0.717) is 10.8 Å². The number of hydrogen-bond acceptors (Lipinski definition) is 9. The van der Waals surface area contributed by atoms with Gasteiger partial charge in [-0.25, -0.2) is 10.6 Å². The maximum Gasteiger partial charge on any atom is 0.330 e. The lowest BCUT2D eigenvalue weighted by Gasteiger charge is -2.16. The smallest absolute Gasteiger partial charge is 0.330 e. The van der Waals surface area contributed by atoms with Crippen molar-refractivity contribution in [2.24, 2.45) is 5.84 Å². The van der Waals surface area contributed by atoms with E-state index < -0.39 is 60.1 Å². The predicted molar refractivity (Wildman–Crippen MR) is 79.7 cm³/mol. The van der Waals surface area contributed by atoms with E-state index in [0.717, 1.165) is 0 Å². The maximum absolute atomic E-state index is 13.4. The topological polar surface area (TPSA) is 186 Å². The summed E-state index contributed by atoms with van der Waals surface area (Å²) in [5, 5.41) is 19.9. The van der Waals surface area contributed by atoms with E-state index in [1.54, 1.807) is 4.98 Å². The Balaban J connectivity index is 2.00. The molecule has 0 bridgehead atoms. The van der Waals surface area contributed by atoms with E-state index in [4.69, 9.17) is 15.3 Å². The number of aliphatic hydroxyl groups is 2. The van der Waals surface area contributed by atoms with Crippen LogP contribution in [-0.4, -0.2) is 56.6 Å². The number of esters is 1. The van der Waals surface area contributed by atoms with Crippen LogP contribution < -0.4 is 22.5 Å². The molecular formula is C13H17FN4O8. The van der Waals surface area contributed by atoms with Gasteiger partial charge < -0.3 is 19.7 Å². The number of hydrazine groups is 1. The first-order valence-corrected chi connectivity index (χ1v) is 7.42. The van der Waals surface area contributed by atoms with E-state index >= 15 is 0 Å². The highest BCUT2D eigenvalue weighted by atomic mass is 19.1. The molecular weight excluding hydrogens is 359 g/mol.